The Morgan fingerprint density at radius 3 is 2.33 bits per heavy atom. The van der Waals surface area contributed by atoms with Crippen molar-refractivity contribution < 1.29 is 18.7 Å². The van der Waals surface area contributed by atoms with Gasteiger partial charge in [-0.25, -0.2) is 9.37 Å². The van der Waals surface area contributed by atoms with Crippen LogP contribution < -0.4 is 0 Å². The highest BCUT2D eigenvalue weighted by atomic mass is 19.1. The first-order valence-electron chi connectivity index (χ1n) is 9.16. The molecule has 0 bridgehead atoms. The molecule has 0 aliphatic rings. The van der Waals surface area contributed by atoms with E-state index in [-0.39, 0.29) is 12.2 Å². The zero-order chi connectivity index (χ0) is 19.1. The van der Waals surface area contributed by atoms with E-state index >= 15 is 0 Å². The van der Waals surface area contributed by atoms with E-state index in [1.807, 2.05) is 30.3 Å². The van der Waals surface area contributed by atoms with E-state index in [1.165, 1.54) is 12.1 Å². The maximum absolute atomic E-state index is 13.3. The number of hydrogen-bond acceptors (Lipinski definition) is 3. The van der Waals surface area contributed by atoms with Gasteiger partial charge in [-0.05, 0) is 37.1 Å². The third-order valence-corrected chi connectivity index (χ3v) is 4.36. The average molecular weight is 367 g/mol. The lowest BCUT2D eigenvalue weighted by Gasteiger charge is -2.01. The molecular formula is C22H22FNO3. The molecule has 0 aliphatic heterocycles. The van der Waals surface area contributed by atoms with E-state index in [2.05, 4.69) is 4.98 Å². The van der Waals surface area contributed by atoms with Crippen LogP contribution in [0.3, 0.4) is 0 Å². The Bertz CT molecular complexity index is 872. The molecule has 0 saturated carbocycles. The van der Waals surface area contributed by atoms with Gasteiger partial charge in [0.2, 0.25) is 0 Å². The largest absolute Gasteiger partial charge is 0.481 e. The van der Waals surface area contributed by atoms with Crippen molar-refractivity contribution in [2.75, 3.05) is 0 Å². The Morgan fingerprint density at radius 1 is 0.926 bits per heavy atom. The number of aryl methyl sites for hydroxylation is 1. The van der Waals surface area contributed by atoms with Gasteiger partial charge in [-0.2, -0.15) is 0 Å². The highest BCUT2D eigenvalue weighted by Gasteiger charge is 2.16. The summed E-state index contributed by atoms with van der Waals surface area (Å²) >= 11 is 0. The van der Waals surface area contributed by atoms with E-state index < -0.39 is 5.97 Å². The summed E-state index contributed by atoms with van der Waals surface area (Å²) in [4.78, 5) is 15.2. The number of oxazole rings is 1. The maximum atomic E-state index is 13.3. The second-order valence-electron chi connectivity index (χ2n) is 6.47. The number of hydrogen-bond donors (Lipinski definition) is 1. The van der Waals surface area contributed by atoms with Gasteiger partial charge in [-0.3, -0.25) is 4.79 Å². The summed E-state index contributed by atoms with van der Waals surface area (Å²) in [5.41, 5.74) is 2.49. The number of carboxylic acid groups (broad SMARTS) is 1. The van der Waals surface area contributed by atoms with Crippen LogP contribution in [0.15, 0.2) is 59.0 Å². The second-order valence-corrected chi connectivity index (χ2v) is 6.47. The van der Waals surface area contributed by atoms with Crippen LogP contribution in [0.1, 0.15) is 38.0 Å². The van der Waals surface area contributed by atoms with Crippen LogP contribution >= 0.6 is 0 Å². The van der Waals surface area contributed by atoms with Crippen molar-refractivity contribution in [1.29, 1.82) is 0 Å². The average Bonchev–Trinajstić information content (AvgIpc) is 3.10. The SMILES string of the molecule is O=C(O)CCCCCCc1nc(-c2ccccc2)c(-c2ccc(F)cc2)o1. The summed E-state index contributed by atoms with van der Waals surface area (Å²) in [6.07, 6.45) is 4.29. The molecule has 140 valence electrons. The number of nitrogens with zero attached hydrogens (tertiary/aromatic N) is 1. The molecule has 0 atom stereocenters. The first kappa shape index (κ1) is 18.8. The van der Waals surface area contributed by atoms with E-state index in [1.54, 1.807) is 12.1 Å². The molecule has 2 aromatic carbocycles. The number of aliphatic carboxylic acids is 1. The molecule has 5 heteroatoms. The van der Waals surface area contributed by atoms with Crippen LogP contribution in [-0.4, -0.2) is 16.1 Å². The van der Waals surface area contributed by atoms with E-state index in [4.69, 9.17) is 9.52 Å². The summed E-state index contributed by atoms with van der Waals surface area (Å²) in [6.45, 7) is 0. The number of rotatable bonds is 9. The predicted molar refractivity (Wildman–Crippen MR) is 102 cm³/mol. The minimum Gasteiger partial charge on any atom is -0.481 e. The fraction of sp³-hybridized carbons (Fsp3) is 0.273. The third kappa shape index (κ3) is 5.26. The van der Waals surface area contributed by atoms with Gasteiger partial charge in [0.15, 0.2) is 11.7 Å². The molecule has 0 spiro atoms. The van der Waals surface area contributed by atoms with Gasteiger partial charge in [0.25, 0.3) is 0 Å². The molecule has 0 amide bonds. The number of unbranched alkanes of at least 4 members (excludes halogenated alkanes) is 3. The smallest absolute Gasteiger partial charge is 0.303 e. The summed E-state index contributed by atoms with van der Waals surface area (Å²) in [5.74, 6) is 0.244. The summed E-state index contributed by atoms with van der Waals surface area (Å²) < 4.78 is 19.3. The molecule has 3 rings (SSSR count). The molecule has 0 aliphatic carbocycles. The summed E-state index contributed by atoms with van der Waals surface area (Å²) in [5, 5.41) is 8.67. The van der Waals surface area contributed by atoms with Crippen LogP contribution in [-0.2, 0) is 11.2 Å². The van der Waals surface area contributed by atoms with Crippen molar-refractivity contribution in [2.45, 2.75) is 38.5 Å². The van der Waals surface area contributed by atoms with Gasteiger partial charge in [0, 0.05) is 24.0 Å². The fourth-order valence-electron chi connectivity index (χ4n) is 2.97. The Morgan fingerprint density at radius 2 is 1.63 bits per heavy atom. The number of carbonyl (C=O) groups is 1. The first-order valence-corrected chi connectivity index (χ1v) is 9.16. The lowest BCUT2D eigenvalue weighted by molar-refractivity contribution is -0.137. The van der Waals surface area contributed by atoms with Crippen LogP contribution in [0.25, 0.3) is 22.6 Å². The fourth-order valence-corrected chi connectivity index (χ4v) is 2.97. The van der Waals surface area contributed by atoms with E-state index in [0.29, 0.717) is 24.5 Å². The Kier molecular flexibility index (Phi) is 6.36. The van der Waals surface area contributed by atoms with Crippen molar-refractivity contribution in [3.05, 3.63) is 66.3 Å². The third-order valence-electron chi connectivity index (χ3n) is 4.36. The normalized spacial score (nSPS) is 10.9. The second kappa shape index (κ2) is 9.12. The van der Waals surface area contributed by atoms with Crippen LogP contribution in [0.4, 0.5) is 4.39 Å². The molecule has 0 saturated heterocycles. The summed E-state index contributed by atoms with van der Waals surface area (Å²) in [6, 6.07) is 16.0. The lowest BCUT2D eigenvalue weighted by Crippen LogP contribution is -1.94. The Labute approximate surface area is 157 Å². The van der Waals surface area contributed by atoms with Crippen LogP contribution in [0, 0.1) is 5.82 Å². The van der Waals surface area contributed by atoms with Gasteiger partial charge in [-0.1, -0.05) is 43.2 Å². The van der Waals surface area contributed by atoms with Gasteiger partial charge in [-0.15, -0.1) is 0 Å². The standard InChI is InChI=1S/C22H22FNO3/c23-18-14-12-17(13-15-18)22-21(16-8-4-3-5-9-16)24-19(27-22)10-6-1-2-7-11-20(25)26/h3-5,8-9,12-15H,1-2,6-7,10-11H2,(H,25,26). The summed E-state index contributed by atoms with van der Waals surface area (Å²) in [7, 11) is 0. The zero-order valence-electron chi connectivity index (χ0n) is 15.0. The zero-order valence-corrected chi connectivity index (χ0v) is 15.0. The minimum atomic E-state index is -0.751. The monoisotopic (exact) mass is 367 g/mol. The van der Waals surface area contributed by atoms with Gasteiger partial charge < -0.3 is 9.52 Å². The van der Waals surface area contributed by atoms with Crippen molar-refractivity contribution in [1.82, 2.24) is 4.98 Å². The molecule has 3 aromatic rings. The van der Waals surface area contributed by atoms with Gasteiger partial charge >= 0.3 is 5.97 Å². The van der Waals surface area contributed by atoms with Gasteiger partial charge in [0.1, 0.15) is 11.5 Å². The van der Waals surface area contributed by atoms with Crippen molar-refractivity contribution >= 4 is 5.97 Å². The van der Waals surface area contributed by atoms with E-state index in [0.717, 1.165) is 36.1 Å². The number of halogens is 1. The molecule has 27 heavy (non-hydrogen) atoms. The van der Waals surface area contributed by atoms with E-state index in [9.17, 15) is 9.18 Å². The van der Waals surface area contributed by atoms with Crippen molar-refractivity contribution in [3.8, 4) is 22.6 Å². The maximum Gasteiger partial charge on any atom is 0.303 e. The van der Waals surface area contributed by atoms with Crippen LogP contribution in [0.2, 0.25) is 0 Å². The van der Waals surface area contributed by atoms with Crippen molar-refractivity contribution in [2.24, 2.45) is 0 Å². The number of aromatic nitrogens is 1. The molecule has 4 nitrogen and oxygen atoms in total. The molecule has 0 unspecified atom stereocenters. The number of benzene rings is 2. The number of carboxylic acids is 1. The molecular weight excluding hydrogens is 345 g/mol. The molecule has 0 radical (unpaired) electrons. The van der Waals surface area contributed by atoms with Crippen LogP contribution in [0.5, 0.6) is 0 Å². The topological polar surface area (TPSA) is 63.3 Å². The molecule has 1 aromatic heterocycles. The Hall–Kier alpha value is -2.95. The first-order chi connectivity index (χ1) is 13.1. The minimum absolute atomic E-state index is 0.214. The quantitative estimate of drug-likeness (QED) is 0.491. The predicted octanol–water partition coefficient (Wildman–Crippen LogP) is 5.73. The molecule has 1 heterocycles. The highest BCUT2D eigenvalue weighted by molar-refractivity contribution is 5.76. The molecule has 0 fully saturated rings. The molecule has 1 N–H and O–H groups in total. The van der Waals surface area contributed by atoms with Gasteiger partial charge in [0.05, 0.1) is 0 Å². The lowest BCUT2D eigenvalue weighted by atomic mass is 10.1. The van der Waals surface area contributed by atoms with Crippen molar-refractivity contribution in [3.63, 3.8) is 0 Å². The highest BCUT2D eigenvalue weighted by Crippen LogP contribution is 2.33. The Balaban J connectivity index is 1.74.